The quantitative estimate of drug-likeness (QED) is 0.611. The Bertz CT molecular complexity index is 944. The number of carbonyl (C=O) groups excluding carboxylic acids is 1. The van der Waals surface area contributed by atoms with Gasteiger partial charge in [-0.15, -0.1) is 11.8 Å². The molecule has 4 rings (SSSR count). The van der Waals surface area contributed by atoms with E-state index in [2.05, 4.69) is 4.98 Å². The Kier molecular flexibility index (Phi) is 4.85. The SMILES string of the molecule is CSc1ccc(-c2ccc(N3C[C@@H](Cn4ccnc4)OC3=O)cc2F)cc1. The second-order valence-electron chi connectivity index (χ2n) is 6.27. The molecular weight excluding hydrogens is 365 g/mol. The second kappa shape index (κ2) is 7.44. The average Bonchev–Trinajstić information content (AvgIpc) is 3.31. The number of nitrogens with zero attached hydrogens (tertiary/aromatic N) is 3. The van der Waals surface area contributed by atoms with Crippen molar-refractivity contribution >= 4 is 23.5 Å². The van der Waals surface area contributed by atoms with E-state index in [1.54, 1.807) is 36.4 Å². The molecule has 138 valence electrons. The lowest BCUT2D eigenvalue weighted by Crippen LogP contribution is -2.25. The lowest BCUT2D eigenvalue weighted by molar-refractivity contribution is 0.132. The van der Waals surface area contributed by atoms with Crippen molar-refractivity contribution in [1.82, 2.24) is 9.55 Å². The van der Waals surface area contributed by atoms with Crippen LogP contribution in [-0.2, 0) is 11.3 Å². The lowest BCUT2D eigenvalue weighted by atomic mass is 10.0. The molecule has 1 aliphatic rings. The van der Waals surface area contributed by atoms with Gasteiger partial charge in [-0.3, -0.25) is 4.90 Å². The molecule has 2 heterocycles. The number of thioether (sulfide) groups is 1. The van der Waals surface area contributed by atoms with E-state index in [9.17, 15) is 9.18 Å². The molecule has 27 heavy (non-hydrogen) atoms. The van der Waals surface area contributed by atoms with Gasteiger partial charge in [-0.2, -0.15) is 0 Å². The number of hydrogen-bond acceptors (Lipinski definition) is 4. The van der Waals surface area contributed by atoms with Gasteiger partial charge in [0.1, 0.15) is 11.9 Å². The molecule has 0 saturated carbocycles. The number of rotatable bonds is 5. The highest BCUT2D eigenvalue weighted by Gasteiger charge is 2.32. The fraction of sp³-hybridized carbons (Fsp3) is 0.200. The number of carbonyl (C=O) groups is 1. The molecule has 0 aliphatic carbocycles. The highest BCUT2D eigenvalue weighted by Crippen LogP contribution is 2.30. The Hall–Kier alpha value is -2.80. The summed E-state index contributed by atoms with van der Waals surface area (Å²) < 4.78 is 22.0. The molecule has 5 nitrogen and oxygen atoms in total. The third-order valence-corrected chi connectivity index (χ3v) is 5.26. The summed E-state index contributed by atoms with van der Waals surface area (Å²) in [5, 5.41) is 0. The summed E-state index contributed by atoms with van der Waals surface area (Å²) in [6, 6.07) is 12.6. The Morgan fingerprint density at radius 1 is 1.26 bits per heavy atom. The minimum atomic E-state index is -0.461. The fourth-order valence-electron chi connectivity index (χ4n) is 3.13. The minimum Gasteiger partial charge on any atom is -0.442 e. The van der Waals surface area contributed by atoms with Crippen LogP contribution in [0.25, 0.3) is 11.1 Å². The topological polar surface area (TPSA) is 47.4 Å². The molecule has 1 atom stereocenters. The van der Waals surface area contributed by atoms with Crippen molar-refractivity contribution in [2.45, 2.75) is 17.5 Å². The van der Waals surface area contributed by atoms with E-state index in [0.717, 1.165) is 10.5 Å². The number of imidazole rings is 1. The molecule has 0 radical (unpaired) electrons. The molecule has 7 heteroatoms. The predicted octanol–water partition coefficient (Wildman–Crippen LogP) is 4.44. The standard InChI is InChI=1S/C20H18FN3O2S/c1-27-17-5-2-14(3-6-17)18-7-4-15(10-19(18)21)24-12-16(26-20(24)25)11-23-9-8-22-13-23/h2-10,13,16H,11-12H2,1H3/t16-/m1/s1. The van der Waals surface area contributed by atoms with E-state index in [-0.39, 0.29) is 11.9 Å². The summed E-state index contributed by atoms with van der Waals surface area (Å²) in [5.74, 6) is -0.365. The first-order chi connectivity index (χ1) is 13.1. The maximum Gasteiger partial charge on any atom is 0.414 e. The number of ether oxygens (including phenoxy) is 1. The number of amides is 1. The smallest absolute Gasteiger partial charge is 0.414 e. The summed E-state index contributed by atoms with van der Waals surface area (Å²) in [6.07, 6.45) is 6.40. The Balaban J connectivity index is 1.52. The van der Waals surface area contributed by atoms with Crippen molar-refractivity contribution in [3.63, 3.8) is 0 Å². The molecule has 1 fully saturated rings. The van der Waals surface area contributed by atoms with Crippen LogP contribution in [0.15, 0.2) is 66.1 Å². The van der Waals surface area contributed by atoms with Gasteiger partial charge in [-0.25, -0.2) is 14.2 Å². The van der Waals surface area contributed by atoms with E-state index in [0.29, 0.717) is 24.3 Å². The molecule has 0 unspecified atom stereocenters. The van der Waals surface area contributed by atoms with Gasteiger partial charge in [0, 0.05) is 22.9 Å². The number of anilines is 1. The largest absolute Gasteiger partial charge is 0.442 e. The van der Waals surface area contributed by atoms with Crippen LogP contribution in [0.1, 0.15) is 0 Å². The summed E-state index contributed by atoms with van der Waals surface area (Å²) in [7, 11) is 0. The van der Waals surface area contributed by atoms with Gasteiger partial charge in [-0.1, -0.05) is 12.1 Å². The first-order valence-corrected chi connectivity index (χ1v) is 9.74. The first-order valence-electron chi connectivity index (χ1n) is 8.52. The molecule has 2 aromatic carbocycles. The second-order valence-corrected chi connectivity index (χ2v) is 7.15. The first kappa shape index (κ1) is 17.6. The van der Waals surface area contributed by atoms with Crippen molar-refractivity contribution in [3.8, 4) is 11.1 Å². The zero-order chi connectivity index (χ0) is 18.8. The van der Waals surface area contributed by atoms with Crippen molar-refractivity contribution in [1.29, 1.82) is 0 Å². The van der Waals surface area contributed by atoms with E-state index in [1.807, 2.05) is 41.3 Å². The molecule has 1 amide bonds. The lowest BCUT2D eigenvalue weighted by Gasteiger charge is -2.14. The van der Waals surface area contributed by atoms with Crippen molar-refractivity contribution in [2.24, 2.45) is 0 Å². The zero-order valence-electron chi connectivity index (χ0n) is 14.7. The predicted molar refractivity (Wildman–Crippen MR) is 103 cm³/mol. The number of hydrogen-bond donors (Lipinski definition) is 0. The minimum absolute atomic E-state index is 0.298. The molecule has 1 saturated heterocycles. The third kappa shape index (κ3) is 3.68. The molecule has 0 N–H and O–H groups in total. The van der Waals surface area contributed by atoms with Crippen molar-refractivity contribution < 1.29 is 13.9 Å². The van der Waals surface area contributed by atoms with Crippen molar-refractivity contribution in [2.75, 3.05) is 17.7 Å². The Morgan fingerprint density at radius 3 is 2.74 bits per heavy atom. The van der Waals surface area contributed by atoms with Crippen LogP contribution in [0.2, 0.25) is 0 Å². The summed E-state index contributed by atoms with van der Waals surface area (Å²) >= 11 is 1.64. The summed E-state index contributed by atoms with van der Waals surface area (Å²) in [5.41, 5.74) is 1.81. The van der Waals surface area contributed by atoms with Gasteiger partial charge in [0.05, 0.1) is 25.1 Å². The van der Waals surface area contributed by atoms with Gasteiger partial charge in [-0.05, 0) is 42.2 Å². The van der Waals surface area contributed by atoms with Crippen LogP contribution in [0.5, 0.6) is 0 Å². The van der Waals surface area contributed by atoms with Crippen LogP contribution >= 0.6 is 11.8 Å². The van der Waals surface area contributed by atoms with E-state index >= 15 is 0 Å². The van der Waals surface area contributed by atoms with Crippen LogP contribution < -0.4 is 4.90 Å². The molecular formula is C20H18FN3O2S. The van der Waals surface area contributed by atoms with E-state index in [1.165, 1.54) is 11.0 Å². The molecule has 0 spiro atoms. The summed E-state index contributed by atoms with van der Waals surface area (Å²) in [4.78, 5) is 18.8. The monoisotopic (exact) mass is 383 g/mol. The Morgan fingerprint density at radius 2 is 2.07 bits per heavy atom. The average molecular weight is 383 g/mol. The van der Waals surface area contributed by atoms with Gasteiger partial charge in [0.2, 0.25) is 0 Å². The molecule has 3 aromatic rings. The van der Waals surface area contributed by atoms with Gasteiger partial charge >= 0.3 is 6.09 Å². The fourth-order valence-corrected chi connectivity index (χ4v) is 3.54. The van der Waals surface area contributed by atoms with Crippen molar-refractivity contribution in [3.05, 3.63) is 67.0 Å². The van der Waals surface area contributed by atoms with Gasteiger partial charge in [0.25, 0.3) is 0 Å². The maximum absolute atomic E-state index is 14.7. The maximum atomic E-state index is 14.7. The van der Waals surface area contributed by atoms with E-state index < -0.39 is 6.09 Å². The number of benzene rings is 2. The van der Waals surface area contributed by atoms with Crippen LogP contribution in [0.3, 0.4) is 0 Å². The molecule has 1 aromatic heterocycles. The number of halogens is 1. The molecule has 1 aliphatic heterocycles. The third-order valence-electron chi connectivity index (χ3n) is 4.51. The molecule has 0 bridgehead atoms. The van der Waals surface area contributed by atoms with Gasteiger partial charge in [0.15, 0.2) is 0 Å². The van der Waals surface area contributed by atoms with Crippen LogP contribution in [-0.4, -0.2) is 34.5 Å². The normalized spacial score (nSPS) is 16.6. The van der Waals surface area contributed by atoms with Crippen LogP contribution in [0.4, 0.5) is 14.9 Å². The zero-order valence-corrected chi connectivity index (χ0v) is 15.5. The number of cyclic esters (lactones) is 1. The van der Waals surface area contributed by atoms with E-state index in [4.69, 9.17) is 4.74 Å². The number of aromatic nitrogens is 2. The van der Waals surface area contributed by atoms with Gasteiger partial charge < -0.3 is 9.30 Å². The summed E-state index contributed by atoms with van der Waals surface area (Å²) in [6.45, 7) is 0.892. The highest BCUT2D eigenvalue weighted by atomic mass is 32.2. The van der Waals surface area contributed by atoms with Crippen LogP contribution in [0, 0.1) is 5.82 Å². The Labute approximate surface area is 160 Å². The highest BCUT2D eigenvalue weighted by molar-refractivity contribution is 7.98.